The van der Waals surface area contributed by atoms with E-state index in [1.165, 1.54) is 12.1 Å². The van der Waals surface area contributed by atoms with E-state index in [-0.39, 0.29) is 22.2 Å². The molecule has 0 unspecified atom stereocenters. The molecule has 2 aromatic carbocycles. The number of halogens is 1. The Morgan fingerprint density at radius 2 is 1.78 bits per heavy atom. The van der Waals surface area contributed by atoms with Gasteiger partial charge in [0.1, 0.15) is 0 Å². The predicted molar refractivity (Wildman–Crippen MR) is 99.2 cm³/mol. The van der Waals surface area contributed by atoms with Crippen molar-refractivity contribution >= 4 is 34.8 Å². The van der Waals surface area contributed by atoms with Crippen LogP contribution < -0.4 is 5.32 Å². The van der Waals surface area contributed by atoms with E-state index in [2.05, 4.69) is 5.32 Å². The van der Waals surface area contributed by atoms with Crippen molar-refractivity contribution in [3.8, 4) is 0 Å². The number of non-ortho nitro benzene ring substituents is 1. The summed E-state index contributed by atoms with van der Waals surface area (Å²) < 4.78 is 5.23. The molecule has 140 valence electrons. The SMILES string of the molecule is O=C(Nc1ccc(C(=O)N2CCOCC2)cc1)c1cc([N+](=O)[O-])ccc1Cl. The lowest BCUT2D eigenvalue weighted by Gasteiger charge is -2.26. The molecule has 1 heterocycles. The summed E-state index contributed by atoms with van der Waals surface area (Å²) in [5.74, 6) is -0.672. The summed E-state index contributed by atoms with van der Waals surface area (Å²) in [6, 6.07) is 10.1. The second-order valence-corrected chi connectivity index (χ2v) is 6.26. The van der Waals surface area contributed by atoms with Crippen LogP contribution in [0.5, 0.6) is 0 Å². The fourth-order valence-corrected chi connectivity index (χ4v) is 2.85. The Morgan fingerprint density at radius 1 is 1.11 bits per heavy atom. The Kier molecular flexibility index (Phi) is 5.68. The maximum atomic E-state index is 12.4. The van der Waals surface area contributed by atoms with Crippen molar-refractivity contribution in [2.75, 3.05) is 31.6 Å². The molecule has 1 N–H and O–H groups in total. The first-order valence-corrected chi connectivity index (χ1v) is 8.56. The zero-order valence-electron chi connectivity index (χ0n) is 14.2. The van der Waals surface area contributed by atoms with Crippen LogP contribution in [0.25, 0.3) is 0 Å². The summed E-state index contributed by atoms with van der Waals surface area (Å²) in [6.45, 7) is 2.12. The van der Waals surface area contributed by atoms with Crippen LogP contribution in [0, 0.1) is 10.1 Å². The third kappa shape index (κ3) is 4.42. The Balaban J connectivity index is 1.71. The highest BCUT2D eigenvalue weighted by atomic mass is 35.5. The summed E-state index contributed by atoms with van der Waals surface area (Å²) in [6.07, 6.45) is 0. The monoisotopic (exact) mass is 389 g/mol. The van der Waals surface area contributed by atoms with E-state index in [1.54, 1.807) is 29.2 Å². The van der Waals surface area contributed by atoms with Gasteiger partial charge in [-0.15, -0.1) is 0 Å². The Morgan fingerprint density at radius 3 is 2.41 bits per heavy atom. The lowest BCUT2D eigenvalue weighted by Crippen LogP contribution is -2.40. The van der Waals surface area contributed by atoms with Gasteiger partial charge in [0.05, 0.1) is 28.7 Å². The number of benzene rings is 2. The molecule has 1 aliphatic rings. The quantitative estimate of drug-likeness (QED) is 0.639. The summed E-state index contributed by atoms with van der Waals surface area (Å²) in [5, 5.41) is 13.6. The minimum Gasteiger partial charge on any atom is -0.378 e. The predicted octanol–water partition coefficient (Wildman–Crippen LogP) is 2.97. The average Bonchev–Trinajstić information content (AvgIpc) is 2.68. The van der Waals surface area contributed by atoms with Crippen molar-refractivity contribution in [3.63, 3.8) is 0 Å². The highest BCUT2D eigenvalue weighted by molar-refractivity contribution is 6.34. The molecule has 1 fully saturated rings. The van der Waals surface area contributed by atoms with Gasteiger partial charge in [-0.3, -0.25) is 19.7 Å². The number of morpholine rings is 1. The van der Waals surface area contributed by atoms with E-state index in [9.17, 15) is 19.7 Å². The van der Waals surface area contributed by atoms with Crippen LogP contribution >= 0.6 is 11.6 Å². The van der Waals surface area contributed by atoms with Gasteiger partial charge < -0.3 is 15.0 Å². The van der Waals surface area contributed by atoms with Gasteiger partial charge in [-0.2, -0.15) is 0 Å². The van der Waals surface area contributed by atoms with Crippen molar-refractivity contribution in [3.05, 3.63) is 68.7 Å². The lowest BCUT2D eigenvalue weighted by molar-refractivity contribution is -0.384. The third-order valence-corrected chi connectivity index (χ3v) is 4.42. The zero-order valence-corrected chi connectivity index (χ0v) is 14.9. The molecule has 1 saturated heterocycles. The maximum Gasteiger partial charge on any atom is 0.270 e. The first-order chi connectivity index (χ1) is 13.0. The minimum atomic E-state index is -0.598. The molecule has 2 amide bonds. The molecule has 3 rings (SSSR count). The first-order valence-electron chi connectivity index (χ1n) is 8.18. The number of hydrogen-bond donors (Lipinski definition) is 1. The lowest BCUT2D eigenvalue weighted by atomic mass is 10.1. The second kappa shape index (κ2) is 8.15. The highest BCUT2D eigenvalue weighted by Crippen LogP contribution is 2.23. The van der Waals surface area contributed by atoms with E-state index in [1.807, 2.05) is 0 Å². The van der Waals surface area contributed by atoms with Crippen molar-refractivity contribution < 1.29 is 19.2 Å². The summed E-state index contributed by atoms with van der Waals surface area (Å²) in [5.41, 5.74) is 0.722. The van der Waals surface area contributed by atoms with E-state index in [4.69, 9.17) is 16.3 Å². The van der Waals surface area contributed by atoms with Crippen LogP contribution in [0.4, 0.5) is 11.4 Å². The van der Waals surface area contributed by atoms with E-state index in [0.29, 0.717) is 37.6 Å². The van der Waals surface area contributed by atoms with Crippen molar-refractivity contribution in [1.82, 2.24) is 4.90 Å². The fourth-order valence-electron chi connectivity index (χ4n) is 2.64. The molecular formula is C18H16ClN3O5. The number of carbonyl (C=O) groups excluding carboxylic acids is 2. The third-order valence-electron chi connectivity index (χ3n) is 4.09. The summed E-state index contributed by atoms with van der Waals surface area (Å²) >= 11 is 5.97. The van der Waals surface area contributed by atoms with Crippen molar-refractivity contribution in [2.24, 2.45) is 0 Å². The van der Waals surface area contributed by atoms with Gasteiger partial charge in [0.2, 0.25) is 0 Å². The van der Waals surface area contributed by atoms with Crippen LogP contribution in [0.1, 0.15) is 20.7 Å². The van der Waals surface area contributed by atoms with Gasteiger partial charge in [0.25, 0.3) is 17.5 Å². The number of nitrogens with one attached hydrogen (secondary N) is 1. The van der Waals surface area contributed by atoms with Gasteiger partial charge >= 0.3 is 0 Å². The number of nitrogens with zero attached hydrogens (tertiary/aromatic N) is 2. The van der Waals surface area contributed by atoms with Crippen LogP contribution in [0.2, 0.25) is 5.02 Å². The smallest absolute Gasteiger partial charge is 0.270 e. The average molecular weight is 390 g/mol. The second-order valence-electron chi connectivity index (χ2n) is 5.86. The molecule has 8 nitrogen and oxygen atoms in total. The van der Waals surface area contributed by atoms with Crippen molar-refractivity contribution in [1.29, 1.82) is 0 Å². The molecule has 0 spiro atoms. The molecule has 0 bridgehead atoms. The van der Waals surface area contributed by atoms with Crippen LogP contribution in [0.3, 0.4) is 0 Å². The minimum absolute atomic E-state index is 0.000615. The van der Waals surface area contributed by atoms with Gasteiger partial charge in [0.15, 0.2) is 0 Å². The van der Waals surface area contributed by atoms with Crippen LogP contribution in [-0.4, -0.2) is 47.9 Å². The molecular weight excluding hydrogens is 374 g/mol. The van der Waals surface area contributed by atoms with Crippen LogP contribution in [0.15, 0.2) is 42.5 Å². The van der Waals surface area contributed by atoms with Gasteiger partial charge in [0, 0.05) is 36.5 Å². The summed E-state index contributed by atoms with van der Waals surface area (Å²) in [7, 11) is 0. The Hall–Kier alpha value is -2.97. The number of nitro groups is 1. The maximum absolute atomic E-state index is 12.4. The Bertz CT molecular complexity index is 879. The standard InChI is InChI=1S/C18H16ClN3O5/c19-16-6-5-14(22(25)26)11-15(16)17(23)20-13-3-1-12(2-4-13)18(24)21-7-9-27-10-8-21/h1-6,11H,7-10H2,(H,20,23). The molecule has 0 aliphatic carbocycles. The highest BCUT2D eigenvalue weighted by Gasteiger charge is 2.19. The Labute approximate surface area is 159 Å². The number of nitro benzene ring substituents is 1. The molecule has 0 radical (unpaired) electrons. The molecule has 2 aromatic rings. The molecule has 0 aromatic heterocycles. The van der Waals surface area contributed by atoms with Gasteiger partial charge in [-0.25, -0.2) is 0 Å². The van der Waals surface area contributed by atoms with Crippen LogP contribution in [-0.2, 0) is 4.74 Å². The molecule has 0 atom stereocenters. The normalized spacial score (nSPS) is 13.9. The number of anilines is 1. The molecule has 0 saturated carbocycles. The molecule has 1 aliphatic heterocycles. The van der Waals surface area contributed by atoms with E-state index in [0.717, 1.165) is 6.07 Å². The number of hydrogen-bond acceptors (Lipinski definition) is 5. The molecule has 27 heavy (non-hydrogen) atoms. The zero-order chi connectivity index (χ0) is 19.4. The van der Waals surface area contributed by atoms with Crippen molar-refractivity contribution in [2.45, 2.75) is 0 Å². The van der Waals surface area contributed by atoms with E-state index < -0.39 is 10.8 Å². The first kappa shape index (κ1) is 18.8. The summed E-state index contributed by atoms with van der Waals surface area (Å²) in [4.78, 5) is 36.7. The number of amides is 2. The van der Waals surface area contributed by atoms with Gasteiger partial charge in [-0.1, -0.05) is 11.6 Å². The fraction of sp³-hybridized carbons (Fsp3) is 0.222. The number of ether oxygens (including phenoxy) is 1. The van der Waals surface area contributed by atoms with E-state index >= 15 is 0 Å². The largest absolute Gasteiger partial charge is 0.378 e. The number of rotatable bonds is 4. The molecule has 9 heteroatoms. The van der Waals surface area contributed by atoms with Gasteiger partial charge in [-0.05, 0) is 30.3 Å². The topological polar surface area (TPSA) is 102 Å². The number of carbonyl (C=O) groups is 2.